The van der Waals surface area contributed by atoms with Crippen LogP contribution in [0.25, 0.3) is 10.6 Å². The maximum atomic E-state index is 13.7. The fourth-order valence-corrected chi connectivity index (χ4v) is 5.55. The van der Waals surface area contributed by atoms with Crippen LogP contribution < -0.4 is 11.1 Å². The van der Waals surface area contributed by atoms with Crippen molar-refractivity contribution in [1.82, 2.24) is 25.2 Å². The summed E-state index contributed by atoms with van der Waals surface area (Å²) >= 11 is 1.47. The van der Waals surface area contributed by atoms with Crippen LogP contribution in [0, 0.1) is 18.8 Å². The highest BCUT2D eigenvalue weighted by Gasteiger charge is 2.43. The molecule has 2 aromatic heterocycles. The smallest absolute Gasteiger partial charge is 0.243 e. The Morgan fingerprint density at radius 2 is 1.86 bits per heavy atom. The standard InChI is InChI=1S/C29H42N6O7S/c1-7-40-25(41-8-2)14-42-24(30)10-23(37)26(16(3)4)29(39)35-13-19(36)9-22(35)28(38)34-17(5)20-11-32-21(12-31-20)27-18(6)33-15-43-27/h10-12,15-17,19,22,25-26,36H,7-9,13-14,30H2,1-6H3,(H,34,38)/t17?,19-,22+,26?/m1/s1. The van der Waals surface area contributed by atoms with Crippen molar-refractivity contribution in [2.75, 3.05) is 26.4 Å². The van der Waals surface area contributed by atoms with Crippen LogP contribution in [0.15, 0.2) is 29.9 Å². The maximum Gasteiger partial charge on any atom is 0.243 e. The summed E-state index contributed by atoms with van der Waals surface area (Å²) in [5.41, 5.74) is 9.74. The average Bonchev–Trinajstić information content (AvgIpc) is 3.57. The minimum atomic E-state index is -1.14. The second-order valence-corrected chi connectivity index (χ2v) is 11.4. The third-order valence-electron chi connectivity index (χ3n) is 6.93. The molecule has 43 heavy (non-hydrogen) atoms. The van der Waals surface area contributed by atoms with Gasteiger partial charge in [-0.05, 0) is 33.6 Å². The van der Waals surface area contributed by atoms with E-state index in [0.717, 1.165) is 16.6 Å². The Labute approximate surface area is 255 Å². The van der Waals surface area contributed by atoms with Crippen molar-refractivity contribution in [3.05, 3.63) is 41.3 Å². The highest BCUT2D eigenvalue weighted by molar-refractivity contribution is 7.13. The summed E-state index contributed by atoms with van der Waals surface area (Å²) in [6.07, 6.45) is 2.75. The number of likely N-dealkylation sites (tertiary alicyclic amines) is 1. The van der Waals surface area contributed by atoms with E-state index in [1.807, 2.05) is 20.8 Å². The van der Waals surface area contributed by atoms with Crippen LogP contribution in [0.1, 0.15) is 58.5 Å². The first-order valence-electron chi connectivity index (χ1n) is 14.3. The molecule has 1 aliphatic heterocycles. The summed E-state index contributed by atoms with van der Waals surface area (Å²) in [5.74, 6) is -3.34. The molecular weight excluding hydrogens is 576 g/mol. The average molecular weight is 619 g/mol. The van der Waals surface area contributed by atoms with E-state index in [1.165, 1.54) is 16.2 Å². The number of carbonyl (C=O) groups excluding carboxylic acids is 3. The molecule has 236 valence electrons. The molecule has 1 saturated heterocycles. The van der Waals surface area contributed by atoms with Gasteiger partial charge in [0.15, 0.2) is 18.0 Å². The van der Waals surface area contributed by atoms with Gasteiger partial charge in [0, 0.05) is 32.3 Å². The van der Waals surface area contributed by atoms with E-state index < -0.39 is 53.9 Å². The molecule has 4 atom stereocenters. The van der Waals surface area contributed by atoms with Gasteiger partial charge in [-0.15, -0.1) is 11.3 Å². The minimum Gasteiger partial charge on any atom is -0.474 e. The Kier molecular flexibility index (Phi) is 12.5. The second-order valence-electron chi connectivity index (χ2n) is 10.5. The number of nitrogens with one attached hydrogen (secondary N) is 1. The number of nitrogens with zero attached hydrogens (tertiary/aromatic N) is 4. The van der Waals surface area contributed by atoms with Crippen molar-refractivity contribution in [2.45, 2.75) is 72.4 Å². The third-order valence-corrected chi connectivity index (χ3v) is 7.88. The molecule has 14 heteroatoms. The Balaban J connectivity index is 1.68. The number of aryl methyl sites for hydroxylation is 1. The van der Waals surface area contributed by atoms with Crippen molar-refractivity contribution < 1.29 is 33.7 Å². The van der Waals surface area contributed by atoms with E-state index in [1.54, 1.807) is 38.7 Å². The first-order valence-corrected chi connectivity index (χ1v) is 15.2. The van der Waals surface area contributed by atoms with Gasteiger partial charge in [-0.25, -0.2) is 4.98 Å². The van der Waals surface area contributed by atoms with E-state index in [9.17, 15) is 19.5 Å². The van der Waals surface area contributed by atoms with Gasteiger partial charge in [-0.2, -0.15) is 0 Å². The number of ketones is 1. The lowest BCUT2D eigenvalue weighted by Gasteiger charge is -2.29. The monoisotopic (exact) mass is 618 g/mol. The number of aromatic nitrogens is 3. The lowest BCUT2D eigenvalue weighted by molar-refractivity contribution is -0.160. The molecule has 1 fully saturated rings. The first kappa shape index (κ1) is 34.0. The van der Waals surface area contributed by atoms with Crippen LogP contribution in [0.5, 0.6) is 0 Å². The molecule has 0 bridgehead atoms. The Hall–Kier alpha value is -3.46. The second kappa shape index (κ2) is 15.8. The highest BCUT2D eigenvalue weighted by Crippen LogP contribution is 2.27. The van der Waals surface area contributed by atoms with Crippen molar-refractivity contribution >= 4 is 28.9 Å². The molecular formula is C29H42N6O7S. The number of hydrogen-bond acceptors (Lipinski definition) is 12. The van der Waals surface area contributed by atoms with Gasteiger partial charge in [0.2, 0.25) is 11.8 Å². The largest absolute Gasteiger partial charge is 0.474 e. The van der Waals surface area contributed by atoms with Gasteiger partial charge in [-0.1, -0.05) is 13.8 Å². The number of β-amino-alcohol motifs (C(OH)–C–C–N with tert-alkyl or cyclic N) is 1. The molecule has 0 spiro atoms. The number of rotatable bonds is 15. The lowest BCUT2D eigenvalue weighted by Crippen LogP contribution is -2.50. The van der Waals surface area contributed by atoms with Gasteiger partial charge in [-0.3, -0.25) is 24.4 Å². The zero-order chi connectivity index (χ0) is 31.7. The quantitative estimate of drug-likeness (QED) is 0.115. The molecule has 1 aliphatic rings. The predicted molar refractivity (Wildman–Crippen MR) is 159 cm³/mol. The van der Waals surface area contributed by atoms with E-state index in [-0.39, 0.29) is 25.5 Å². The fourth-order valence-electron chi connectivity index (χ4n) is 4.78. The van der Waals surface area contributed by atoms with Crippen LogP contribution >= 0.6 is 11.3 Å². The number of ether oxygens (including phenoxy) is 3. The predicted octanol–water partition coefficient (Wildman–Crippen LogP) is 2.10. The molecule has 0 aliphatic carbocycles. The summed E-state index contributed by atoms with van der Waals surface area (Å²) < 4.78 is 16.3. The molecule has 2 amide bonds. The Morgan fingerprint density at radius 1 is 1.16 bits per heavy atom. The molecule has 3 heterocycles. The Bertz CT molecular complexity index is 1260. The van der Waals surface area contributed by atoms with Crippen molar-refractivity contribution in [3.63, 3.8) is 0 Å². The molecule has 2 aromatic rings. The van der Waals surface area contributed by atoms with Crippen LogP contribution in [0.4, 0.5) is 0 Å². The number of carbonyl (C=O) groups is 3. The van der Waals surface area contributed by atoms with Gasteiger partial charge in [0.1, 0.15) is 24.3 Å². The first-order chi connectivity index (χ1) is 20.5. The molecule has 0 saturated carbocycles. The van der Waals surface area contributed by atoms with Crippen molar-refractivity contribution in [3.8, 4) is 10.6 Å². The number of nitrogens with two attached hydrogens (primary N) is 1. The third kappa shape index (κ3) is 9.02. The van der Waals surface area contributed by atoms with Gasteiger partial charge in [0.25, 0.3) is 0 Å². The van der Waals surface area contributed by atoms with E-state index in [0.29, 0.717) is 24.6 Å². The number of amides is 2. The van der Waals surface area contributed by atoms with E-state index in [4.69, 9.17) is 19.9 Å². The normalized spacial score (nSPS) is 18.6. The zero-order valence-corrected chi connectivity index (χ0v) is 26.3. The van der Waals surface area contributed by atoms with Crippen LogP contribution in [-0.4, -0.2) is 87.4 Å². The van der Waals surface area contributed by atoms with Crippen LogP contribution in [-0.2, 0) is 28.6 Å². The van der Waals surface area contributed by atoms with Crippen LogP contribution in [0.2, 0.25) is 0 Å². The van der Waals surface area contributed by atoms with Gasteiger partial charge in [0.05, 0.1) is 46.3 Å². The van der Waals surface area contributed by atoms with Gasteiger partial charge >= 0.3 is 0 Å². The zero-order valence-electron chi connectivity index (χ0n) is 25.5. The van der Waals surface area contributed by atoms with Gasteiger partial charge < -0.3 is 35.3 Å². The number of hydrogen-bond donors (Lipinski definition) is 3. The summed E-state index contributed by atoms with van der Waals surface area (Å²) in [6, 6.07) is -1.49. The maximum absolute atomic E-state index is 13.7. The Morgan fingerprint density at radius 3 is 2.42 bits per heavy atom. The lowest BCUT2D eigenvalue weighted by atomic mass is 9.89. The SMILES string of the molecule is CCOC(COC(N)=CC(=O)C(C(=O)N1C[C@H](O)C[C@H]1C(=O)NC(C)c1cnc(-c2scnc2C)cn1)C(C)C)OCC. The van der Waals surface area contributed by atoms with E-state index in [2.05, 4.69) is 20.3 Å². The number of aliphatic hydroxyl groups excluding tert-OH is 1. The van der Waals surface area contributed by atoms with Crippen molar-refractivity contribution in [1.29, 1.82) is 0 Å². The molecule has 2 unspecified atom stereocenters. The fraction of sp³-hybridized carbons (Fsp3) is 0.586. The molecule has 0 aromatic carbocycles. The van der Waals surface area contributed by atoms with Crippen LogP contribution in [0.3, 0.4) is 0 Å². The van der Waals surface area contributed by atoms with Crippen molar-refractivity contribution in [2.24, 2.45) is 17.6 Å². The number of thiazole rings is 1. The molecule has 13 nitrogen and oxygen atoms in total. The molecule has 0 radical (unpaired) electrons. The number of allylic oxidation sites excluding steroid dienone is 1. The molecule has 4 N–H and O–H groups in total. The minimum absolute atomic E-state index is 0.0334. The summed E-state index contributed by atoms with van der Waals surface area (Å²) in [7, 11) is 0. The summed E-state index contributed by atoms with van der Waals surface area (Å²) in [6.45, 7) is 11.4. The van der Waals surface area contributed by atoms with E-state index >= 15 is 0 Å². The molecule has 3 rings (SSSR count). The highest BCUT2D eigenvalue weighted by atomic mass is 32.1. The number of aliphatic hydroxyl groups is 1. The topological polar surface area (TPSA) is 179 Å². The summed E-state index contributed by atoms with van der Waals surface area (Å²) in [5, 5.41) is 13.3. The summed E-state index contributed by atoms with van der Waals surface area (Å²) in [4.78, 5) is 55.6.